The Morgan fingerprint density at radius 1 is 1.17 bits per heavy atom. The molecule has 0 radical (unpaired) electrons. The molecular weight excluding hydrogens is 326 g/mol. The summed E-state index contributed by atoms with van der Waals surface area (Å²) in [5, 5.41) is 20.6. The largest absolute Gasteiger partial charge is 0.306 e. The van der Waals surface area contributed by atoms with Crippen molar-refractivity contribution in [3.8, 4) is 0 Å². The third kappa shape index (κ3) is 3.60. The Kier molecular flexibility index (Phi) is 4.85. The van der Waals surface area contributed by atoms with Gasteiger partial charge in [-0.3, -0.25) is 10.1 Å². The maximum Gasteiger partial charge on any atom is 0.287 e. The summed E-state index contributed by atoms with van der Waals surface area (Å²) in [5.74, 6) is 0.883. The highest BCUT2D eigenvalue weighted by Crippen LogP contribution is 2.26. The molecule has 7 nitrogen and oxygen atoms in total. The predicted molar refractivity (Wildman–Crippen MR) is 90.0 cm³/mol. The van der Waals surface area contributed by atoms with Gasteiger partial charge < -0.3 is 4.57 Å². The summed E-state index contributed by atoms with van der Waals surface area (Å²) < 4.78 is 2.03. The minimum atomic E-state index is -0.464. The summed E-state index contributed by atoms with van der Waals surface area (Å²) in [4.78, 5) is 14.3. The number of nitrogens with zero attached hydrogens (tertiary/aromatic N) is 5. The lowest BCUT2D eigenvalue weighted by atomic mass is 10.1. The molecule has 3 aromatic rings. The van der Waals surface area contributed by atoms with Crippen LogP contribution in [0.1, 0.15) is 18.3 Å². The SMILES string of the molecule is CCn1c(Cc2ccccc2)nnc1Sc1ccc([N+](=O)[O-])cn1. The van der Waals surface area contributed by atoms with Crippen LogP contribution in [0.25, 0.3) is 0 Å². The van der Waals surface area contributed by atoms with Crippen LogP contribution >= 0.6 is 11.8 Å². The molecule has 8 heteroatoms. The number of pyridine rings is 1. The van der Waals surface area contributed by atoms with Gasteiger partial charge in [-0.15, -0.1) is 10.2 Å². The summed E-state index contributed by atoms with van der Waals surface area (Å²) in [7, 11) is 0. The van der Waals surface area contributed by atoms with Crippen LogP contribution in [0.2, 0.25) is 0 Å². The molecule has 0 unspecified atom stereocenters. The quantitative estimate of drug-likeness (QED) is 0.505. The Bertz CT molecular complexity index is 833. The molecule has 0 aliphatic carbocycles. The van der Waals surface area contributed by atoms with Crippen molar-refractivity contribution in [2.45, 2.75) is 30.1 Å². The second-order valence-electron chi connectivity index (χ2n) is 5.02. The maximum absolute atomic E-state index is 10.7. The third-order valence-corrected chi connectivity index (χ3v) is 4.38. The monoisotopic (exact) mass is 341 g/mol. The first kappa shape index (κ1) is 16.1. The van der Waals surface area contributed by atoms with Crippen LogP contribution in [0.15, 0.2) is 58.8 Å². The number of nitro groups is 1. The second kappa shape index (κ2) is 7.22. The van der Waals surface area contributed by atoms with E-state index in [1.54, 1.807) is 6.07 Å². The Morgan fingerprint density at radius 3 is 2.58 bits per heavy atom. The van der Waals surface area contributed by atoms with E-state index in [1.807, 2.05) is 29.7 Å². The smallest absolute Gasteiger partial charge is 0.287 e. The highest BCUT2D eigenvalue weighted by atomic mass is 32.2. The lowest BCUT2D eigenvalue weighted by Crippen LogP contribution is -2.04. The first-order valence-corrected chi connectivity index (χ1v) is 8.23. The lowest BCUT2D eigenvalue weighted by Gasteiger charge is -2.07. The molecule has 24 heavy (non-hydrogen) atoms. The van der Waals surface area contributed by atoms with E-state index >= 15 is 0 Å². The number of hydrogen-bond acceptors (Lipinski definition) is 6. The average Bonchev–Trinajstić information content (AvgIpc) is 2.97. The molecule has 0 saturated heterocycles. The van der Waals surface area contributed by atoms with Crippen molar-refractivity contribution in [1.29, 1.82) is 0 Å². The standard InChI is InChI=1S/C16H15N5O2S/c1-2-20-14(10-12-6-4-3-5-7-12)18-19-16(20)24-15-9-8-13(11-17-15)21(22)23/h3-9,11H,2,10H2,1H3. The molecule has 0 atom stereocenters. The van der Waals surface area contributed by atoms with Gasteiger partial charge in [-0.1, -0.05) is 30.3 Å². The van der Waals surface area contributed by atoms with Crippen LogP contribution in [-0.2, 0) is 13.0 Å². The fourth-order valence-corrected chi connectivity index (χ4v) is 3.11. The van der Waals surface area contributed by atoms with Crippen LogP contribution in [0.3, 0.4) is 0 Å². The third-order valence-electron chi connectivity index (χ3n) is 3.44. The lowest BCUT2D eigenvalue weighted by molar-refractivity contribution is -0.385. The molecule has 0 amide bonds. The van der Waals surface area contributed by atoms with Crippen LogP contribution < -0.4 is 0 Å². The molecule has 2 heterocycles. The Hall–Kier alpha value is -2.74. The molecule has 0 aliphatic heterocycles. The highest BCUT2D eigenvalue weighted by Gasteiger charge is 2.14. The van der Waals surface area contributed by atoms with Crippen molar-refractivity contribution in [1.82, 2.24) is 19.7 Å². The van der Waals surface area contributed by atoms with Gasteiger partial charge in [0.15, 0.2) is 5.16 Å². The van der Waals surface area contributed by atoms with E-state index in [-0.39, 0.29) is 5.69 Å². The van der Waals surface area contributed by atoms with Gasteiger partial charge in [0.05, 0.1) is 4.92 Å². The van der Waals surface area contributed by atoms with Gasteiger partial charge in [-0.2, -0.15) is 0 Å². The zero-order valence-corrected chi connectivity index (χ0v) is 13.8. The van der Waals surface area contributed by atoms with Crippen LogP contribution in [0.4, 0.5) is 5.69 Å². The topological polar surface area (TPSA) is 86.7 Å². The molecule has 2 aromatic heterocycles. The number of benzene rings is 1. The van der Waals surface area contributed by atoms with E-state index < -0.39 is 4.92 Å². The van der Waals surface area contributed by atoms with Gasteiger partial charge in [-0.25, -0.2) is 4.98 Å². The van der Waals surface area contributed by atoms with Crippen molar-refractivity contribution >= 4 is 17.4 Å². The minimum Gasteiger partial charge on any atom is -0.306 e. The van der Waals surface area contributed by atoms with E-state index in [0.717, 1.165) is 17.5 Å². The molecule has 0 N–H and O–H groups in total. The molecule has 0 aliphatic rings. The zero-order chi connectivity index (χ0) is 16.9. The number of aromatic nitrogens is 4. The predicted octanol–water partition coefficient (Wildman–Crippen LogP) is 3.34. The van der Waals surface area contributed by atoms with E-state index in [4.69, 9.17) is 0 Å². The molecule has 0 spiro atoms. The molecule has 0 bridgehead atoms. The van der Waals surface area contributed by atoms with Crippen molar-refractivity contribution in [2.75, 3.05) is 0 Å². The molecule has 0 fully saturated rings. The molecule has 122 valence electrons. The van der Waals surface area contributed by atoms with E-state index in [0.29, 0.717) is 11.4 Å². The maximum atomic E-state index is 10.7. The average molecular weight is 341 g/mol. The first-order valence-electron chi connectivity index (χ1n) is 7.41. The molecular formula is C16H15N5O2S. The van der Waals surface area contributed by atoms with Crippen LogP contribution in [-0.4, -0.2) is 24.7 Å². The van der Waals surface area contributed by atoms with E-state index in [1.165, 1.54) is 29.6 Å². The van der Waals surface area contributed by atoms with Crippen LogP contribution in [0.5, 0.6) is 0 Å². The van der Waals surface area contributed by atoms with Crippen LogP contribution in [0, 0.1) is 10.1 Å². The fraction of sp³-hybridized carbons (Fsp3) is 0.188. The fourth-order valence-electron chi connectivity index (χ4n) is 2.26. The number of rotatable bonds is 6. The summed E-state index contributed by atoms with van der Waals surface area (Å²) in [6, 6.07) is 13.1. The highest BCUT2D eigenvalue weighted by molar-refractivity contribution is 7.99. The first-order chi connectivity index (χ1) is 11.7. The summed E-state index contributed by atoms with van der Waals surface area (Å²) >= 11 is 1.35. The summed E-state index contributed by atoms with van der Waals surface area (Å²) in [6.45, 7) is 2.77. The van der Waals surface area contributed by atoms with Gasteiger partial charge >= 0.3 is 0 Å². The van der Waals surface area contributed by atoms with Gasteiger partial charge in [0.25, 0.3) is 5.69 Å². The van der Waals surface area contributed by atoms with Crippen molar-refractivity contribution in [3.05, 3.63) is 70.2 Å². The minimum absolute atomic E-state index is 0.0268. The van der Waals surface area contributed by atoms with E-state index in [2.05, 4.69) is 27.3 Å². The summed E-state index contributed by atoms with van der Waals surface area (Å²) in [5.41, 5.74) is 1.14. The van der Waals surface area contributed by atoms with Gasteiger partial charge in [0, 0.05) is 19.0 Å². The molecule has 3 rings (SSSR count). The van der Waals surface area contributed by atoms with Crippen molar-refractivity contribution in [3.63, 3.8) is 0 Å². The second-order valence-corrected chi connectivity index (χ2v) is 6.01. The molecule has 0 saturated carbocycles. The Balaban J connectivity index is 1.80. The Labute approximate surface area is 142 Å². The normalized spacial score (nSPS) is 10.7. The van der Waals surface area contributed by atoms with E-state index in [9.17, 15) is 10.1 Å². The Morgan fingerprint density at radius 2 is 1.96 bits per heavy atom. The molecule has 1 aromatic carbocycles. The van der Waals surface area contributed by atoms with Gasteiger partial charge in [0.2, 0.25) is 0 Å². The van der Waals surface area contributed by atoms with Gasteiger partial charge in [0.1, 0.15) is 17.0 Å². The number of hydrogen-bond donors (Lipinski definition) is 0. The van der Waals surface area contributed by atoms with Gasteiger partial charge in [-0.05, 0) is 30.3 Å². The zero-order valence-electron chi connectivity index (χ0n) is 13.0. The van der Waals surface area contributed by atoms with Crippen molar-refractivity contribution in [2.24, 2.45) is 0 Å². The summed E-state index contributed by atoms with van der Waals surface area (Å²) in [6.07, 6.45) is 1.95. The van der Waals surface area contributed by atoms with Crippen molar-refractivity contribution < 1.29 is 4.92 Å².